The highest BCUT2D eigenvalue weighted by Gasteiger charge is 2.31. The van der Waals surface area contributed by atoms with Gasteiger partial charge in [0.05, 0.1) is 5.75 Å². The van der Waals surface area contributed by atoms with Gasteiger partial charge in [-0.05, 0) is 26.5 Å². The van der Waals surface area contributed by atoms with Crippen LogP contribution in [0.2, 0.25) is 0 Å². The van der Waals surface area contributed by atoms with Gasteiger partial charge in [-0.15, -0.1) is 0 Å². The van der Waals surface area contributed by atoms with Crippen LogP contribution in [-0.4, -0.2) is 50.3 Å². The zero-order valence-electron chi connectivity index (χ0n) is 11.8. The van der Waals surface area contributed by atoms with Crippen molar-refractivity contribution in [3.05, 3.63) is 35.4 Å². The Labute approximate surface area is 116 Å². The van der Waals surface area contributed by atoms with Gasteiger partial charge in [0.1, 0.15) is 0 Å². The Kier molecular flexibility index (Phi) is 4.28. The standard InChI is InChI=1S/C14H22N2O2S/c1-12-5-4-6-14(9-12)11-19(17,18)16-8-7-15(3)10-13(16)2/h4-6,9,13H,7-8,10-11H2,1-3H3. The molecular formula is C14H22N2O2S. The van der Waals surface area contributed by atoms with E-state index in [4.69, 9.17) is 0 Å². The first-order valence-corrected chi connectivity index (χ1v) is 8.23. The number of hydrogen-bond acceptors (Lipinski definition) is 3. The highest BCUT2D eigenvalue weighted by molar-refractivity contribution is 7.88. The smallest absolute Gasteiger partial charge is 0.218 e. The summed E-state index contributed by atoms with van der Waals surface area (Å²) in [5.41, 5.74) is 1.96. The molecule has 1 aromatic rings. The molecule has 1 atom stereocenters. The van der Waals surface area contributed by atoms with Gasteiger partial charge in [0.15, 0.2) is 0 Å². The topological polar surface area (TPSA) is 40.6 Å². The van der Waals surface area contributed by atoms with Crippen LogP contribution in [-0.2, 0) is 15.8 Å². The van der Waals surface area contributed by atoms with Crippen molar-refractivity contribution in [1.29, 1.82) is 0 Å². The summed E-state index contributed by atoms with van der Waals surface area (Å²) in [6.07, 6.45) is 0. The molecule has 19 heavy (non-hydrogen) atoms. The number of aryl methyl sites for hydroxylation is 1. The summed E-state index contributed by atoms with van der Waals surface area (Å²) in [7, 11) is -1.19. The minimum atomic E-state index is -3.22. The second kappa shape index (κ2) is 5.61. The summed E-state index contributed by atoms with van der Waals surface area (Å²) in [4.78, 5) is 2.17. The molecule has 106 valence electrons. The van der Waals surface area contributed by atoms with E-state index in [0.717, 1.165) is 24.2 Å². The number of nitrogens with zero attached hydrogens (tertiary/aromatic N) is 2. The Morgan fingerprint density at radius 2 is 2.05 bits per heavy atom. The van der Waals surface area contributed by atoms with Crippen LogP contribution < -0.4 is 0 Å². The lowest BCUT2D eigenvalue weighted by atomic mass is 10.2. The van der Waals surface area contributed by atoms with Crippen molar-refractivity contribution < 1.29 is 8.42 Å². The number of likely N-dealkylation sites (N-methyl/N-ethyl adjacent to an activating group) is 1. The summed E-state index contributed by atoms with van der Waals surface area (Å²) in [6, 6.07) is 7.76. The van der Waals surface area contributed by atoms with E-state index in [9.17, 15) is 8.42 Å². The van der Waals surface area contributed by atoms with E-state index in [2.05, 4.69) is 4.90 Å². The van der Waals surface area contributed by atoms with Crippen LogP contribution in [0.5, 0.6) is 0 Å². The highest BCUT2D eigenvalue weighted by Crippen LogP contribution is 2.18. The molecule has 0 aromatic heterocycles. The maximum absolute atomic E-state index is 12.5. The number of hydrogen-bond donors (Lipinski definition) is 0. The molecule has 4 nitrogen and oxygen atoms in total. The fourth-order valence-electron chi connectivity index (χ4n) is 2.63. The second-order valence-electron chi connectivity index (χ2n) is 5.47. The van der Waals surface area contributed by atoms with Crippen molar-refractivity contribution in [2.45, 2.75) is 25.6 Å². The van der Waals surface area contributed by atoms with Crippen LogP contribution in [0.3, 0.4) is 0 Å². The van der Waals surface area contributed by atoms with Crippen molar-refractivity contribution in [3.8, 4) is 0 Å². The zero-order chi connectivity index (χ0) is 14.0. The van der Waals surface area contributed by atoms with E-state index in [-0.39, 0.29) is 11.8 Å². The van der Waals surface area contributed by atoms with Crippen molar-refractivity contribution in [2.75, 3.05) is 26.7 Å². The number of benzene rings is 1. The molecule has 5 heteroatoms. The maximum Gasteiger partial charge on any atom is 0.218 e. The Bertz CT molecular complexity index is 542. The number of piperazine rings is 1. The fraction of sp³-hybridized carbons (Fsp3) is 0.571. The van der Waals surface area contributed by atoms with Crippen molar-refractivity contribution in [1.82, 2.24) is 9.21 Å². The molecule has 0 saturated carbocycles. The Morgan fingerprint density at radius 3 is 2.68 bits per heavy atom. The molecule has 1 aliphatic heterocycles. The Balaban J connectivity index is 2.14. The normalized spacial score (nSPS) is 22.6. The molecule has 0 bridgehead atoms. The van der Waals surface area contributed by atoms with Crippen LogP contribution in [0.4, 0.5) is 0 Å². The van der Waals surface area contributed by atoms with Gasteiger partial charge in [0.2, 0.25) is 10.0 Å². The van der Waals surface area contributed by atoms with Gasteiger partial charge in [0, 0.05) is 25.7 Å². The second-order valence-corrected chi connectivity index (χ2v) is 7.39. The van der Waals surface area contributed by atoms with Gasteiger partial charge in [-0.3, -0.25) is 0 Å². The molecular weight excluding hydrogens is 260 g/mol. The molecule has 1 saturated heterocycles. The molecule has 1 unspecified atom stereocenters. The average Bonchev–Trinajstić information content (AvgIpc) is 2.27. The van der Waals surface area contributed by atoms with Gasteiger partial charge < -0.3 is 4.90 Å². The first-order valence-electron chi connectivity index (χ1n) is 6.62. The van der Waals surface area contributed by atoms with Gasteiger partial charge >= 0.3 is 0 Å². The minimum Gasteiger partial charge on any atom is -0.303 e. The lowest BCUT2D eigenvalue weighted by Crippen LogP contribution is -2.52. The summed E-state index contributed by atoms with van der Waals surface area (Å²) >= 11 is 0. The molecule has 0 spiro atoms. The molecule has 0 amide bonds. The van der Waals surface area contributed by atoms with Crippen LogP contribution in [0.25, 0.3) is 0 Å². The van der Waals surface area contributed by atoms with Crippen molar-refractivity contribution >= 4 is 10.0 Å². The third-order valence-corrected chi connectivity index (χ3v) is 5.51. The minimum absolute atomic E-state index is 0.0496. The maximum atomic E-state index is 12.5. The van der Waals surface area contributed by atoms with Gasteiger partial charge in [-0.25, -0.2) is 8.42 Å². The van der Waals surface area contributed by atoms with E-state index in [0.29, 0.717) is 6.54 Å². The van der Waals surface area contributed by atoms with Crippen molar-refractivity contribution in [3.63, 3.8) is 0 Å². The third-order valence-electron chi connectivity index (χ3n) is 3.56. The van der Waals surface area contributed by atoms with Crippen LogP contribution in [0.1, 0.15) is 18.1 Å². The molecule has 1 aliphatic rings. The molecule has 1 heterocycles. The predicted octanol–water partition coefficient (Wildman–Crippen LogP) is 1.46. The third kappa shape index (κ3) is 3.55. The van der Waals surface area contributed by atoms with Crippen LogP contribution in [0.15, 0.2) is 24.3 Å². The molecule has 0 radical (unpaired) electrons. The summed E-state index contributed by atoms with van der Waals surface area (Å²) < 4.78 is 26.6. The quantitative estimate of drug-likeness (QED) is 0.843. The lowest BCUT2D eigenvalue weighted by molar-refractivity contribution is 0.170. The molecule has 0 aliphatic carbocycles. The number of sulfonamides is 1. The van der Waals surface area contributed by atoms with Crippen molar-refractivity contribution in [2.24, 2.45) is 0 Å². The largest absolute Gasteiger partial charge is 0.303 e. The van der Waals surface area contributed by atoms with Gasteiger partial charge in [-0.2, -0.15) is 4.31 Å². The average molecular weight is 282 g/mol. The summed E-state index contributed by atoms with van der Waals surface area (Å²) in [6.45, 7) is 6.15. The Hall–Kier alpha value is -0.910. The molecule has 1 fully saturated rings. The fourth-order valence-corrected chi connectivity index (χ4v) is 4.37. The highest BCUT2D eigenvalue weighted by atomic mass is 32.2. The SMILES string of the molecule is Cc1cccc(CS(=O)(=O)N2CCN(C)CC2C)c1. The van der Waals surface area contributed by atoms with E-state index in [1.54, 1.807) is 4.31 Å². The first kappa shape index (κ1) is 14.5. The van der Waals surface area contributed by atoms with Gasteiger partial charge in [0.25, 0.3) is 0 Å². The number of rotatable bonds is 3. The van der Waals surface area contributed by atoms with Crippen LogP contribution >= 0.6 is 0 Å². The zero-order valence-corrected chi connectivity index (χ0v) is 12.7. The molecule has 0 N–H and O–H groups in total. The predicted molar refractivity (Wildman–Crippen MR) is 77.5 cm³/mol. The van der Waals surface area contributed by atoms with E-state index in [1.165, 1.54) is 0 Å². The van der Waals surface area contributed by atoms with Gasteiger partial charge in [-0.1, -0.05) is 29.8 Å². The van der Waals surface area contributed by atoms with E-state index >= 15 is 0 Å². The molecule has 1 aromatic carbocycles. The summed E-state index contributed by atoms with van der Waals surface area (Å²) in [5.74, 6) is 0.0999. The monoisotopic (exact) mass is 282 g/mol. The van der Waals surface area contributed by atoms with Crippen LogP contribution in [0, 0.1) is 6.92 Å². The van der Waals surface area contributed by atoms with E-state index < -0.39 is 10.0 Å². The Morgan fingerprint density at radius 1 is 1.32 bits per heavy atom. The summed E-state index contributed by atoms with van der Waals surface area (Å²) in [5, 5.41) is 0. The molecule has 2 rings (SSSR count). The first-order chi connectivity index (χ1) is 8.88. The van der Waals surface area contributed by atoms with E-state index in [1.807, 2.05) is 45.2 Å². The lowest BCUT2D eigenvalue weighted by Gasteiger charge is -2.37.